The van der Waals surface area contributed by atoms with Crippen molar-refractivity contribution in [3.8, 4) is 44.5 Å². The van der Waals surface area contributed by atoms with E-state index >= 15 is 0 Å². The zero-order valence-corrected chi connectivity index (χ0v) is 35.2. The number of rotatable bonds is 8. The van der Waals surface area contributed by atoms with Crippen LogP contribution >= 0.6 is 0 Å². The van der Waals surface area contributed by atoms with Gasteiger partial charge in [0.1, 0.15) is 0 Å². The Morgan fingerprint density at radius 2 is 0.788 bits per heavy atom. The van der Waals surface area contributed by atoms with E-state index in [-0.39, 0.29) is 51.0 Å². The van der Waals surface area contributed by atoms with Crippen molar-refractivity contribution in [1.82, 2.24) is 0 Å². The van der Waals surface area contributed by atoms with E-state index in [0.29, 0.717) is 0 Å². The van der Waals surface area contributed by atoms with Gasteiger partial charge in [0.05, 0.1) is 0 Å². The van der Waals surface area contributed by atoms with Crippen molar-refractivity contribution in [1.29, 1.82) is 0 Å². The number of hydrogen-bond donors (Lipinski definition) is 0. The number of fused-ring (bicyclic) bond motifs is 2. The maximum absolute atomic E-state index is 2.60. The largest absolute Gasteiger partial charge is 4.00 e. The smallest absolute Gasteiger partial charge is 1.00 e. The summed E-state index contributed by atoms with van der Waals surface area (Å²) in [5.74, 6) is 0. The fourth-order valence-corrected chi connectivity index (χ4v) is 11.9. The van der Waals surface area contributed by atoms with Gasteiger partial charge in [-0.2, -0.15) is 0 Å². The zero-order valence-electron chi connectivity index (χ0n) is 30.2. The summed E-state index contributed by atoms with van der Waals surface area (Å²) in [4.78, 5) is 0. The summed E-state index contributed by atoms with van der Waals surface area (Å²) in [6.45, 7) is 9.66. The Kier molecular flexibility index (Phi) is 12.5. The Hall–Kier alpha value is -3.78. The molecule has 52 heavy (non-hydrogen) atoms. The van der Waals surface area contributed by atoms with E-state index in [1.807, 2.05) is 0 Å². The van der Waals surface area contributed by atoms with E-state index in [1.54, 1.807) is 0 Å². The van der Waals surface area contributed by atoms with E-state index in [1.165, 1.54) is 87.6 Å². The topological polar surface area (TPSA) is 0 Å². The molecule has 0 amide bonds. The van der Waals surface area contributed by atoms with Crippen molar-refractivity contribution in [3.05, 3.63) is 169 Å². The van der Waals surface area contributed by atoms with Crippen LogP contribution in [0.3, 0.4) is 0 Å². The number of aryl methyl sites for hydroxylation is 2. The van der Waals surface area contributed by atoms with Gasteiger partial charge < -0.3 is 24.8 Å². The van der Waals surface area contributed by atoms with Gasteiger partial charge in [0, 0.05) is 8.07 Å². The van der Waals surface area contributed by atoms with Crippen LogP contribution in [-0.2, 0) is 39.0 Å². The van der Waals surface area contributed by atoms with Crippen LogP contribution in [0.15, 0.2) is 158 Å². The quantitative estimate of drug-likeness (QED) is 0.130. The van der Waals surface area contributed by atoms with Crippen LogP contribution in [0, 0.1) is 0 Å². The third kappa shape index (κ3) is 7.00. The summed E-state index contributed by atoms with van der Waals surface area (Å²) in [5, 5.41) is 8.48. The first kappa shape index (κ1) is 39.4. The van der Waals surface area contributed by atoms with Crippen LogP contribution in [0.25, 0.3) is 66.1 Å². The Morgan fingerprint density at radius 3 is 1.13 bits per heavy atom. The summed E-state index contributed by atoms with van der Waals surface area (Å²) in [7, 11) is -2.50. The molecule has 256 valence electrons. The molecule has 0 bridgehead atoms. The normalized spacial score (nSPS) is 11.2. The van der Waals surface area contributed by atoms with E-state index in [4.69, 9.17) is 0 Å². The predicted molar refractivity (Wildman–Crippen MR) is 216 cm³/mol. The van der Waals surface area contributed by atoms with Crippen molar-refractivity contribution in [2.45, 2.75) is 39.8 Å². The summed E-state index contributed by atoms with van der Waals surface area (Å²) in [6.07, 6.45) is 2.08. The molecule has 0 fully saturated rings. The summed E-state index contributed by atoms with van der Waals surface area (Å²) < 4.78 is 0. The first-order valence-electron chi connectivity index (χ1n) is 17.7. The molecule has 0 aliphatic carbocycles. The molecule has 0 spiro atoms. The number of benzene rings is 6. The number of halogens is 2. The van der Waals surface area contributed by atoms with E-state index in [9.17, 15) is 0 Å². The third-order valence-corrected chi connectivity index (χ3v) is 14.1. The summed E-state index contributed by atoms with van der Waals surface area (Å²) in [6, 6.07) is 59.4. The van der Waals surface area contributed by atoms with Crippen molar-refractivity contribution in [2.24, 2.45) is 0 Å². The molecule has 0 heterocycles. The molecule has 0 N–H and O–H groups in total. The fraction of sp³-hybridized carbons (Fsp3) is 0.125. The molecule has 0 saturated carbocycles. The minimum atomic E-state index is -2.50. The Balaban J connectivity index is 0.00000174. The molecule has 8 aromatic carbocycles. The third-order valence-electron chi connectivity index (χ3n) is 10.6. The van der Waals surface area contributed by atoms with E-state index in [2.05, 4.69) is 185 Å². The van der Waals surface area contributed by atoms with Gasteiger partial charge >= 0.3 is 26.2 Å². The average Bonchev–Trinajstić information content (AvgIpc) is 3.77. The van der Waals surface area contributed by atoms with Gasteiger partial charge in [-0.1, -0.05) is 183 Å². The fourth-order valence-electron chi connectivity index (χ4n) is 8.10. The number of hydrogen-bond acceptors (Lipinski definition) is 0. The molecular weight excluding hydrogens is 767 g/mol. The van der Waals surface area contributed by atoms with Gasteiger partial charge in [-0.3, -0.25) is 0 Å². The van der Waals surface area contributed by atoms with Crippen molar-refractivity contribution < 1.29 is 51.0 Å². The van der Waals surface area contributed by atoms with Crippen LogP contribution in [0.5, 0.6) is 0 Å². The van der Waals surface area contributed by atoms with Gasteiger partial charge in [-0.05, 0) is 35.1 Å². The molecule has 0 aromatic heterocycles. The van der Waals surface area contributed by atoms with Gasteiger partial charge in [0.2, 0.25) is 0 Å². The van der Waals surface area contributed by atoms with Gasteiger partial charge in [0.25, 0.3) is 0 Å². The molecular formula is C48H42Cl2SiZr. The second kappa shape index (κ2) is 16.5. The molecule has 8 rings (SSSR count). The Labute approximate surface area is 341 Å². The summed E-state index contributed by atoms with van der Waals surface area (Å²) in [5.41, 5.74) is 13.3. The molecule has 4 heteroatoms. The van der Waals surface area contributed by atoms with Crippen LogP contribution in [0.2, 0.25) is 13.1 Å². The minimum Gasteiger partial charge on any atom is -1.00 e. The van der Waals surface area contributed by atoms with Crippen LogP contribution < -0.4 is 35.2 Å². The molecule has 8 aromatic rings. The van der Waals surface area contributed by atoms with Crippen LogP contribution in [0.1, 0.15) is 25.0 Å². The van der Waals surface area contributed by atoms with E-state index < -0.39 is 8.07 Å². The first-order chi connectivity index (χ1) is 24.0. The van der Waals surface area contributed by atoms with Crippen LogP contribution in [-0.4, -0.2) is 8.07 Å². The molecule has 0 aliphatic heterocycles. The summed E-state index contributed by atoms with van der Waals surface area (Å²) >= 11 is 0. The second-order valence-electron chi connectivity index (χ2n) is 13.9. The minimum absolute atomic E-state index is 0. The standard InChI is InChI=1S/C48H42Si.2ClH.Zr/c1-5-33-23-27-37(28-24-33)41-21-13-19-39-31-43(35-15-9-7-10-16-35)47(45(39)41)49(3,4)48-44(36-17-11-8-12-18-36)32-40-20-14-22-42(46(40)48)38-29-25-34(6-2)26-30-38;;;/h7-32H,5-6H2,1-4H3;2*1H;/q-2;;;+4/p-2. The Morgan fingerprint density at radius 1 is 0.423 bits per heavy atom. The molecule has 0 aliphatic rings. The molecule has 0 nitrogen and oxygen atoms in total. The first-order valence-corrected chi connectivity index (χ1v) is 20.7. The van der Waals surface area contributed by atoms with Crippen molar-refractivity contribution >= 4 is 40.0 Å². The van der Waals surface area contributed by atoms with Gasteiger partial charge in [-0.15, -0.1) is 67.3 Å². The van der Waals surface area contributed by atoms with E-state index in [0.717, 1.165) is 12.8 Å². The monoisotopic (exact) mass is 806 g/mol. The molecule has 0 atom stereocenters. The molecule has 0 unspecified atom stereocenters. The Bertz CT molecular complexity index is 2230. The van der Waals surface area contributed by atoms with Crippen LogP contribution in [0.4, 0.5) is 0 Å². The predicted octanol–water partition coefficient (Wildman–Crippen LogP) is 6.05. The SMILES string of the molecule is CCc1ccc(-c2cccc3[cH-]c(-c4ccccc4)c([Si](C)(C)c4c(-c5ccccc5)[cH-]c5cccc(-c6ccc(CC)cc6)c45)c23)cc1.[Cl-].[Cl-].[Zr+4]. The maximum atomic E-state index is 2.60. The average molecular weight is 809 g/mol. The van der Waals surface area contributed by atoms with Crippen molar-refractivity contribution in [3.63, 3.8) is 0 Å². The van der Waals surface area contributed by atoms with Gasteiger partial charge in [0.15, 0.2) is 0 Å². The maximum Gasteiger partial charge on any atom is 4.00 e. The molecule has 0 radical (unpaired) electrons. The van der Waals surface area contributed by atoms with Gasteiger partial charge in [-0.25, -0.2) is 0 Å². The van der Waals surface area contributed by atoms with Crippen molar-refractivity contribution in [2.75, 3.05) is 0 Å². The zero-order chi connectivity index (χ0) is 33.5. The molecule has 0 saturated heterocycles. The second-order valence-corrected chi connectivity index (χ2v) is 18.1.